The second-order valence-corrected chi connectivity index (χ2v) is 30.2. The maximum absolute atomic E-state index is 14.6. The molecule has 2 fully saturated rings. The zero-order valence-corrected chi connectivity index (χ0v) is 62.4. The predicted octanol–water partition coefficient (Wildman–Crippen LogP) is 8.75. The van der Waals surface area contributed by atoms with Crippen LogP contribution in [0, 0.1) is 11.8 Å². The van der Waals surface area contributed by atoms with Crippen LogP contribution in [0.3, 0.4) is 0 Å². The van der Waals surface area contributed by atoms with E-state index in [4.69, 9.17) is 19.0 Å². The molecular formula is C81H96N18O10. The fourth-order valence-electron chi connectivity index (χ4n) is 16.7. The molecule has 6 atom stereocenters. The Kier molecular flexibility index (Phi) is 23.4. The Morgan fingerprint density at radius 1 is 0.679 bits per heavy atom. The average Bonchev–Trinajstić information content (AvgIpc) is 1.61. The van der Waals surface area contributed by atoms with Gasteiger partial charge in [-0.1, -0.05) is 54.8 Å². The van der Waals surface area contributed by atoms with Gasteiger partial charge in [0.05, 0.1) is 24.0 Å². The number of nitrogens with zero attached hydrogens (tertiary/aromatic N) is 12. The van der Waals surface area contributed by atoms with Crippen molar-refractivity contribution in [2.75, 3.05) is 100.0 Å². The molecule has 14 rings (SSSR count). The number of aldehydes is 3. The molecule has 0 saturated carbocycles. The molecule has 4 aromatic heterocycles. The van der Waals surface area contributed by atoms with Gasteiger partial charge in [0.15, 0.2) is 35.4 Å². The molecule has 2 aliphatic carbocycles. The lowest BCUT2D eigenvalue weighted by molar-refractivity contribution is -0.125. The third kappa shape index (κ3) is 17.0. The summed E-state index contributed by atoms with van der Waals surface area (Å²) >= 11 is 0. The first-order valence-electron chi connectivity index (χ1n) is 38.4. The first kappa shape index (κ1) is 74.8. The summed E-state index contributed by atoms with van der Waals surface area (Å²) in [5, 5.41) is 29.5. The first-order chi connectivity index (χ1) is 53.1. The van der Waals surface area contributed by atoms with Crippen LogP contribution in [0.4, 0.5) is 39.4 Å². The minimum absolute atomic E-state index is 0.0169. The summed E-state index contributed by atoms with van der Waals surface area (Å²) in [5.74, 6) is 0.887. The van der Waals surface area contributed by atoms with Gasteiger partial charge >= 0.3 is 6.03 Å². The number of carbonyl (C=O) groups excluding carboxylic acids is 8. The van der Waals surface area contributed by atoms with Crippen LogP contribution >= 0.6 is 0 Å². The van der Waals surface area contributed by atoms with Gasteiger partial charge in [0.25, 0.3) is 0 Å². The van der Waals surface area contributed by atoms with Crippen LogP contribution in [0.1, 0.15) is 160 Å². The molecule has 109 heavy (non-hydrogen) atoms. The molecule has 6 amide bonds. The highest BCUT2D eigenvalue weighted by Gasteiger charge is 2.34. The largest absolute Gasteiger partial charge is 0.375 e. The average molecular weight is 1480 g/mol. The lowest BCUT2D eigenvalue weighted by atomic mass is 9.94. The highest BCUT2D eigenvalue weighted by Crippen LogP contribution is 2.40. The Hall–Kier alpha value is -11.0. The van der Waals surface area contributed by atoms with E-state index in [1.54, 1.807) is 30.5 Å². The number of imide groups is 1. The van der Waals surface area contributed by atoms with Crippen molar-refractivity contribution in [2.45, 2.75) is 147 Å². The molecule has 0 radical (unpaired) electrons. The summed E-state index contributed by atoms with van der Waals surface area (Å²) in [4.78, 5) is 133. The van der Waals surface area contributed by atoms with Crippen molar-refractivity contribution in [2.24, 2.45) is 11.8 Å². The lowest BCUT2D eigenvalue weighted by Crippen LogP contribution is -2.51. The van der Waals surface area contributed by atoms with Crippen LogP contribution in [-0.4, -0.2) is 191 Å². The topological polar surface area (TPSA) is 332 Å². The molecule has 8 aromatic rings. The van der Waals surface area contributed by atoms with E-state index in [0.29, 0.717) is 137 Å². The summed E-state index contributed by atoms with van der Waals surface area (Å²) in [6.07, 6.45) is 18.7. The van der Waals surface area contributed by atoms with Gasteiger partial charge in [-0.25, -0.2) is 24.7 Å². The summed E-state index contributed by atoms with van der Waals surface area (Å²) in [5.41, 5.74) is 15.0. The Labute approximate surface area is 632 Å². The second-order valence-electron chi connectivity index (χ2n) is 30.2. The van der Waals surface area contributed by atoms with Crippen LogP contribution in [0.25, 0.3) is 21.9 Å². The normalized spacial score (nSPS) is 18.8. The number of benzene rings is 4. The van der Waals surface area contributed by atoms with Crippen LogP contribution in [-0.2, 0) is 75.6 Å². The van der Waals surface area contributed by atoms with Crippen LogP contribution in [0.2, 0.25) is 0 Å². The van der Waals surface area contributed by atoms with E-state index in [1.165, 1.54) is 33.4 Å². The highest BCUT2D eigenvalue weighted by atomic mass is 16.5. The maximum atomic E-state index is 14.6. The summed E-state index contributed by atoms with van der Waals surface area (Å²) < 4.78 is 12.0. The smallest absolute Gasteiger partial charge is 0.317 e. The number of hydrogen-bond donors (Lipinski definition) is 6. The molecule has 6 aliphatic rings. The van der Waals surface area contributed by atoms with E-state index < -0.39 is 5.92 Å². The number of rotatable bonds is 31. The molecular weight excluding hydrogens is 1390 g/mol. The molecule has 6 N–H and O–H groups in total. The van der Waals surface area contributed by atoms with Crippen LogP contribution < -0.4 is 41.7 Å². The molecule has 8 heterocycles. The second kappa shape index (κ2) is 34.1. The number of amides is 6. The minimum Gasteiger partial charge on any atom is -0.375 e. The number of piperidine rings is 2. The Morgan fingerprint density at radius 3 is 2.04 bits per heavy atom. The monoisotopic (exact) mass is 1480 g/mol. The van der Waals surface area contributed by atoms with Gasteiger partial charge in [0, 0.05) is 168 Å². The molecule has 0 spiro atoms. The molecule has 4 aromatic carbocycles. The SMILES string of the molecule is CCCC(C(=O)N/C=C(\CCN(C)C(=O)NC1CCCN(c2cnc(C=O)c(Nc3ccc4c(c3)CCN(CC3Cc5ccc6c(C(C)CCC(=O)NC=O)noc6c5C3)C4)n2)C1)N(C)CCN(C=O)C1CCCN(c2cnc(C=O)c(Nc3ccc4c(c3)CCNC4)n2)C1)c1noc2c3c(ccc12)CC(C=O)C3. The fourth-order valence-corrected chi connectivity index (χ4v) is 16.7. The van der Waals surface area contributed by atoms with Crippen molar-refractivity contribution in [1.29, 1.82) is 0 Å². The molecule has 28 heteroatoms. The number of hydrogen-bond acceptors (Lipinski definition) is 23. The number of anilines is 6. The number of fused-ring (bicyclic) bond motifs is 8. The van der Waals surface area contributed by atoms with Gasteiger partial charge in [0.2, 0.25) is 24.6 Å². The number of urea groups is 1. The van der Waals surface area contributed by atoms with Crippen molar-refractivity contribution in [3.05, 3.63) is 152 Å². The highest BCUT2D eigenvalue weighted by molar-refractivity contribution is 5.93. The Balaban J connectivity index is 0.604. The van der Waals surface area contributed by atoms with Crippen LogP contribution in [0.15, 0.2) is 94.0 Å². The van der Waals surface area contributed by atoms with Crippen LogP contribution in [0.5, 0.6) is 0 Å². The van der Waals surface area contributed by atoms with E-state index in [0.717, 1.165) is 147 Å². The van der Waals surface area contributed by atoms with Crippen molar-refractivity contribution in [1.82, 2.24) is 71.1 Å². The summed E-state index contributed by atoms with van der Waals surface area (Å²) in [6.45, 7) is 11.7. The number of nitrogens with one attached hydrogen (secondary N) is 6. The van der Waals surface area contributed by atoms with Crippen molar-refractivity contribution >= 4 is 106 Å². The van der Waals surface area contributed by atoms with E-state index in [2.05, 4.69) is 103 Å². The van der Waals surface area contributed by atoms with E-state index in [9.17, 15) is 38.4 Å². The molecule has 6 unspecified atom stereocenters. The molecule has 570 valence electrons. The van der Waals surface area contributed by atoms with Gasteiger partial charge in [-0.15, -0.1) is 0 Å². The van der Waals surface area contributed by atoms with Gasteiger partial charge < -0.3 is 64.9 Å². The molecule has 28 nitrogen and oxygen atoms in total. The fraction of sp³-hybridized carbons (Fsp3) is 0.457. The zero-order valence-electron chi connectivity index (χ0n) is 62.4. The number of carbonyl (C=O) groups is 8. The molecule has 0 bridgehead atoms. The Morgan fingerprint density at radius 2 is 1.34 bits per heavy atom. The van der Waals surface area contributed by atoms with Crippen molar-refractivity contribution in [3.8, 4) is 0 Å². The molecule has 4 aliphatic heterocycles. The van der Waals surface area contributed by atoms with E-state index in [-0.39, 0.29) is 66.1 Å². The standard InChI is InChI=1S/C81H96N18O10/c1-5-8-66(75-65-19-15-56-32-52(45-100)34-68(56)77(65)109-93-75)80(106)85-38-62(94(3)29-30-99(49-104)63-10-7-26-98(44-63)72-40-84-70(47-102)79(91-72)87-59-16-12-57-37-82-24-21-53(57)35-59)23-27-95(4)81(107)89-61-9-6-25-97(43-61)71-39-83-69(46-101)78(90-71)88-60-17-13-58-42-96(28-22-54(58)36-60)41-51-31-55-14-18-64-74(92-108-76(64)67(55)33-51)50(2)11-20-73(105)86-48-103/h12-19,35-36,38-40,45-52,61,63,66,82H,5-11,20-34,37,41-44H2,1-4H3,(H,85,106)(H,87,91)(H,88,90)(H,89,107)(H,86,103,105)/b62-38+. The van der Waals surface area contributed by atoms with Gasteiger partial charge in [-0.05, 0) is 159 Å². The summed E-state index contributed by atoms with van der Waals surface area (Å²) in [6, 6.07) is 20.0. The first-order valence-corrected chi connectivity index (χ1v) is 38.4. The molecule has 2 saturated heterocycles. The van der Waals surface area contributed by atoms with Gasteiger partial charge in [-0.3, -0.25) is 39.0 Å². The lowest BCUT2D eigenvalue weighted by Gasteiger charge is -2.39. The van der Waals surface area contributed by atoms with Gasteiger partial charge in [0.1, 0.15) is 35.0 Å². The number of aromatic nitrogens is 6. The third-order valence-electron chi connectivity index (χ3n) is 22.8. The third-order valence-corrected chi connectivity index (χ3v) is 22.8. The van der Waals surface area contributed by atoms with E-state index >= 15 is 0 Å². The summed E-state index contributed by atoms with van der Waals surface area (Å²) in [7, 11) is 3.66. The quantitative estimate of drug-likeness (QED) is 0.0221. The van der Waals surface area contributed by atoms with Crippen molar-refractivity contribution in [3.63, 3.8) is 0 Å². The Bertz CT molecular complexity index is 4750. The van der Waals surface area contributed by atoms with Crippen molar-refractivity contribution < 1.29 is 47.4 Å². The predicted molar refractivity (Wildman–Crippen MR) is 412 cm³/mol. The zero-order chi connectivity index (χ0) is 75.7. The van der Waals surface area contributed by atoms with E-state index in [1.807, 2.05) is 55.0 Å². The number of likely N-dealkylation sites (N-methyl/N-ethyl adjacent to an activating group) is 1. The van der Waals surface area contributed by atoms with Gasteiger partial charge in [-0.2, -0.15) is 0 Å². The maximum Gasteiger partial charge on any atom is 0.317 e. The minimum atomic E-state index is -0.658.